The number of aromatic hydroxyl groups is 1. The molecule has 0 aliphatic carbocycles. The number of carbonyl (C=O) groups excluding carboxylic acids is 1. The Kier molecular flexibility index (Phi) is 7.05. The van der Waals surface area contributed by atoms with Crippen LogP contribution in [0.3, 0.4) is 0 Å². The van der Waals surface area contributed by atoms with Gasteiger partial charge in [0.15, 0.2) is 5.75 Å². The van der Waals surface area contributed by atoms with Crippen LogP contribution in [0.2, 0.25) is 10.0 Å². The number of hydrogen-bond donors (Lipinski definition) is 2. The molecule has 1 heterocycles. The molecule has 2 N–H and O–H groups in total. The average molecular weight is 560 g/mol. The van der Waals surface area contributed by atoms with Crippen molar-refractivity contribution in [3.05, 3.63) is 97.0 Å². The van der Waals surface area contributed by atoms with Gasteiger partial charge in [0.25, 0.3) is 11.5 Å². The number of anilines is 1. The number of phenolic OH excluding ortho intramolecular Hbond substituents is 1. The number of rotatable bonds is 4. The van der Waals surface area contributed by atoms with Gasteiger partial charge in [-0.3, -0.25) is 9.59 Å². The molecule has 194 valence electrons. The largest absolute Gasteiger partial charge is 0.505 e. The van der Waals surface area contributed by atoms with Crippen molar-refractivity contribution in [2.45, 2.75) is 25.4 Å². The van der Waals surface area contributed by atoms with Crippen LogP contribution >= 0.6 is 23.2 Å². The Morgan fingerprint density at radius 1 is 1.03 bits per heavy atom. The lowest BCUT2D eigenvalue weighted by Crippen LogP contribution is -2.46. The van der Waals surface area contributed by atoms with E-state index in [1.54, 1.807) is 19.9 Å². The zero-order valence-electron chi connectivity index (χ0n) is 20.7. The van der Waals surface area contributed by atoms with Gasteiger partial charge in [-0.15, -0.1) is 0 Å². The molecule has 38 heavy (non-hydrogen) atoms. The average Bonchev–Trinajstić information content (AvgIpc) is 2.83. The van der Waals surface area contributed by atoms with Gasteiger partial charge < -0.3 is 15.0 Å². The maximum Gasteiger partial charge on any atom is 0.416 e. The first-order valence-electron chi connectivity index (χ1n) is 11.3. The van der Waals surface area contributed by atoms with E-state index in [0.717, 1.165) is 6.07 Å². The third-order valence-electron chi connectivity index (χ3n) is 6.37. The molecule has 1 aromatic heterocycles. The van der Waals surface area contributed by atoms with Crippen LogP contribution in [-0.4, -0.2) is 36.3 Å². The molecule has 0 bridgehead atoms. The van der Waals surface area contributed by atoms with Gasteiger partial charge in [0.05, 0.1) is 32.2 Å². The minimum Gasteiger partial charge on any atom is -0.505 e. The molecule has 13 heteroatoms. The molecule has 4 aromatic rings. The first kappa shape index (κ1) is 27.6. The van der Waals surface area contributed by atoms with Crippen molar-refractivity contribution >= 4 is 61.4 Å². The van der Waals surface area contributed by atoms with Crippen molar-refractivity contribution in [2.75, 3.05) is 5.32 Å². The van der Waals surface area contributed by atoms with Gasteiger partial charge in [-0.05, 0) is 49.2 Å². The summed E-state index contributed by atoms with van der Waals surface area (Å²) in [5.41, 5.74) is -0.554. The lowest BCUT2D eigenvalue weighted by molar-refractivity contribution is -0.138. The molecular weight excluding hydrogens is 540 g/mol. The van der Waals surface area contributed by atoms with E-state index in [4.69, 9.17) is 23.2 Å². The number of aromatic nitrogens is 2. The van der Waals surface area contributed by atoms with Crippen LogP contribution in [0, 0.1) is 13.8 Å². The van der Waals surface area contributed by atoms with Crippen molar-refractivity contribution in [3.8, 4) is 5.75 Å². The standard InChI is InChI=1S/C25H20B2Cl2F3N3O3/c1-11-7-8-18(34-22(37)13-9-16(28)21(36)17(29)10-13)19-20(11)33-12(2)35(23(19)38)24(26,27)14-5-3-4-6-15(14)25(30,31)32/h3-10,36H,26-27H2,1-2H3,(H,34,37). The Morgan fingerprint density at radius 2 is 1.61 bits per heavy atom. The fourth-order valence-corrected chi connectivity index (χ4v) is 5.05. The summed E-state index contributed by atoms with van der Waals surface area (Å²) < 4.78 is 42.8. The number of halogens is 5. The number of phenols is 1. The van der Waals surface area contributed by atoms with E-state index in [1.807, 2.05) is 0 Å². The van der Waals surface area contributed by atoms with Crippen LogP contribution in [-0.2, 0) is 11.5 Å². The predicted molar refractivity (Wildman–Crippen MR) is 147 cm³/mol. The molecule has 6 nitrogen and oxygen atoms in total. The first-order valence-corrected chi connectivity index (χ1v) is 12.1. The van der Waals surface area contributed by atoms with E-state index in [-0.39, 0.29) is 43.8 Å². The molecular formula is C25H20B2Cl2F3N3O3. The summed E-state index contributed by atoms with van der Waals surface area (Å²) in [5, 5.41) is 10.7. The van der Waals surface area contributed by atoms with Crippen LogP contribution < -0.4 is 10.9 Å². The predicted octanol–water partition coefficient (Wildman–Crippen LogP) is 4.22. The van der Waals surface area contributed by atoms with Gasteiger partial charge in [-0.1, -0.05) is 47.5 Å². The highest BCUT2D eigenvalue weighted by Gasteiger charge is 2.39. The third kappa shape index (κ3) is 4.76. The second kappa shape index (κ2) is 9.71. The summed E-state index contributed by atoms with van der Waals surface area (Å²) >= 11 is 11.9. The number of hydrogen-bond acceptors (Lipinski definition) is 4. The van der Waals surface area contributed by atoms with Crippen LogP contribution in [0.4, 0.5) is 18.9 Å². The second-order valence-corrected chi connectivity index (χ2v) is 10.1. The molecule has 4 rings (SSSR count). The minimum atomic E-state index is -4.64. The summed E-state index contributed by atoms with van der Waals surface area (Å²) in [6.07, 6.45) is -4.64. The lowest BCUT2D eigenvalue weighted by atomic mass is 9.56. The van der Waals surface area contributed by atoms with Crippen LogP contribution in [0.15, 0.2) is 53.3 Å². The van der Waals surface area contributed by atoms with E-state index in [9.17, 15) is 27.9 Å². The van der Waals surface area contributed by atoms with Crippen molar-refractivity contribution in [3.63, 3.8) is 0 Å². The van der Waals surface area contributed by atoms with E-state index in [2.05, 4.69) is 10.3 Å². The zero-order chi connectivity index (χ0) is 28.2. The maximum atomic E-state index is 14.0. The van der Waals surface area contributed by atoms with E-state index in [0.29, 0.717) is 11.1 Å². The minimum absolute atomic E-state index is 0.0198. The van der Waals surface area contributed by atoms with E-state index >= 15 is 0 Å². The molecule has 0 unspecified atom stereocenters. The molecule has 0 saturated heterocycles. The molecule has 0 radical (unpaired) electrons. The number of amides is 1. The molecule has 0 aliphatic rings. The highest BCUT2D eigenvalue weighted by molar-refractivity contribution is 6.40. The topological polar surface area (TPSA) is 84.2 Å². The van der Waals surface area contributed by atoms with Crippen molar-refractivity contribution in [2.24, 2.45) is 0 Å². The van der Waals surface area contributed by atoms with Gasteiger partial charge in [-0.2, -0.15) is 13.2 Å². The smallest absolute Gasteiger partial charge is 0.416 e. The molecule has 3 aromatic carbocycles. The highest BCUT2D eigenvalue weighted by Crippen LogP contribution is 2.37. The van der Waals surface area contributed by atoms with E-state index < -0.39 is 28.5 Å². The van der Waals surface area contributed by atoms with Crippen molar-refractivity contribution in [1.29, 1.82) is 0 Å². The fraction of sp³-hybridized carbons (Fsp3) is 0.160. The Hall–Kier alpha value is -3.43. The number of nitrogens with one attached hydrogen (secondary N) is 1. The molecule has 0 fully saturated rings. The summed E-state index contributed by atoms with van der Waals surface area (Å²) in [5.74, 6) is -0.852. The molecule has 0 spiro atoms. The number of carbonyl (C=O) groups is 1. The van der Waals surface area contributed by atoms with Gasteiger partial charge in [0.2, 0.25) is 0 Å². The Balaban J connectivity index is 1.93. The lowest BCUT2D eigenvalue weighted by Gasteiger charge is -2.33. The Labute approximate surface area is 227 Å². The Morgan fingerprint density at radius 3 is 2.18 bits per heavy atom. The van der Waals surface area contributed by atoms with Gasteiger partial charge in [-0.25, -0.2) is 4.98 Å². The zero-order valence-corrected chi connectivity index (χ0v) is 22.2. The third-order valence-corrected chi connectivity index (χ3v) is 6.95. The SMILES string of the molecule is BC(B)(c1ccccc1C(F)(F)F)n1c(C)nc2c(C)ccc(NC(=O)c3cc(Cl)c(O)c(Cl)c3)c2c1=O. The first-order chi connectivity index (χ1) is 17.6. The van der Waals surface area contributed by atoms with Crippen LogP contribution in [0.25, 0.3) is 10.9 Å². The van der Waals surface area contributed by atoms with Gasteiger partial charge >= 0.3 is 6.18 Å². The van der Waals surface area contributed by atoms with E-state index in [1.165, 1.54) is 56.7 Å². The van der Waals surface area contributed by atoms with Crippen LogP contribution in [0.1, 0.15) is 32.9 Å². The quantitative estimate of drug-likeness (QED) is 0.367. The van der Waals surface area contributed by atoms with Gasteiger partial charge in [0, 0.05) is 10.9 Å². The summed E-state index contributed by atoms with van der Waals surface area (Å²) in [4.78, 5) is 31.6. The molecule has 1 amide bonds. The number of fused-ring (bicyclic) bond motifs is 1. The Bertz CT molecular complexity index is 1650. The maximum absolute atomic E-state index is 14.0. The summed E-state index contributed by atoms with van der Waals surface area (Å²) in [6.45, 7) is 3.28. The second-order valence-electron chi connectivity index (χ2n) is 9.30. The summed E-state index contributed by atoms with van der Waals surface area (Å²) in [7, 11) is 3.02. The molecule has 0 aliphatic heterocycles. The fourth-order valence-electron chi connectivity index (χ4n) is 4.56. The number of nitrogens with zero attached hydrogens (tertiary/aromatic N) is 2. The molecule has 0 atom stereocenters. The van der Waals surface area contributed by atoms with Gasteiger partial charge in [0.1, 0.15) is 21.5 Å². The monoisotopic (exact) mass is 559 g/mol. The number of benzene rings is 3. The summed E-state index contributed by atoms with van der Waals surface area (Å²) in [6, 6.07) is 10.7. The number of alkyl halides is 3. The normalized spacial score (nSPS) is 12.1. The molecule has 0 saturated carbocycles. The van der Waals surface area contributed by atoms with Crippen molar-refractivity contribution in [1.82, 2.24) is 9.55 Å². The van der Waals surface area contributed by atoms with Crippen molar-refractivity contribution < 1.29 is 23.1 Å². The van der Waals surface area contributed by atoms with Crippen LogP contribution in [0.5, 0.6) is 5.75 Å². The highest BCUT2D eigenvalue weighted by atomic mass is 35.5. The number of aryl methyl sites for hydroxylation is 2.